The van der Waals surface area contributed by atoms with Gasteiger partial charge in [0.05, 0.1) is 17.9 Å². The largest absolute Gasteiger partial charge is 0.482 e. The number of Topliss-reactive ketones (excluding diaryl/α,β-unsaturated/α-hetero) is 1. The first-order valence-electron chi connectivity index (χ1n) is 8.35. The molecule has 0 unspecified atom stereocenters. The van der Waals surface area contributed by atoms with Crippen molar-refractivity contribution in [3.05, 3.63) is 53.9 Å². The minimum absolute atomic E-state index is 0.0367. The number of carbonyl (C=O) groups excluding carboxylic acids is 3. The highest BCUT2D eigenvalue weighted by Crippen LogP contribution is 2.33. The van der Waals surface area contributed by atoms with E-state index in [1.807, 2.05) is 6.07 Å². The summed E-state index contributed by atoms with van der Waals surface area (Å²) in [5.41, 5.74) is 1.65. The molecule has 0 saturated heterocycles. The summed E-state index contributed by atoms with van der Waals surface area (Å²) in [4.78, 5) is 41.9. The summed E-state index contributed by atoms with van der Waals surface area (Å²) in [6.45, 7) is 1.76. The molecule has 7 heteroatoms. The number of nitrogens with one attached hydrogen (secondary N) is 1. The van der Waals surface area contributed by atoms with E-state index in [0.29, 0.717) is 23.4 Å². The highest BCUT2D eigenvalue weighted by molar-refractivity contribution is 6.04. The van der Waals surface area contributed by atoms with Crippen LogP contribution in [0, 0.1) is 0 Å². The monoisotopic (exact) mass is 353 g/mol. The van der Waals surface area contributed by atoms with Gasteiger partial charge in [0.2, 0.25) is 5.91 Å². The molecule has 2 heterocycles. The van der Waals surface area contributed by atoms with Gasteiger partial charge >= 0.3 is 0 Å². The first kappa shape index (κ1) is 17.6. The van der Waals surface area contributed by atoms with E-state index in [1.54, 1.807) is 43.5 Å². The Morgan fingerprint density at radius 3 is 2.85 bits per heavy atom. The van der Waals surface area contributed by atoms with Gasteiger partial charge in [-0.2, -0.15) is 0 Å². The summed E-state index contributed by atoms with van der Waals surface area (Å²) in [7, 11) is 0. The minimum atomic E-state index is -0.327. The number of rotatable bonds is 6. The maximum atomic E-state index is 12.3. The van der Waals surface area contributed by atoms with Crippen molar-refractivity contribution in [1.82, 2.24) is 10.3 Å². The third-order valence-electron chi connectivity index (χ3n) is 4.04. The molecule has 1 aliphatic rings. The van der Waals surface area contributed by atoms with Gasteiger partial charge in [-0.3, -0.25) is 24.3 Å². The Morgan fingerprint density at radius 2 is 2.12 bits per heavy atom. The van der Waals surface area contributed by atoms with Crippen LogP contribution in [0.3, 0.4) is 0 Å². The molecular weight excluding hydrogens is 334 g/mol. The number of anilines is 1. The number of hydrogen-bond acceptors (Lipinski definition) is 5. The second-order valence-corrected chi connectivity index (χ2v) is 5.83. The Hall–Kier alpha value is -3.22. The van der Waals surface area contributed by atoms with Crippen molar-refractivity contribution in [2.75, 3.05) is 18.1 Å². The number of nitrogens with zero attached hydrogens (tertiary/aromatic N) is 2. The Labute approximate surface area is 151 Å². The first-order valence-corrected chi connectivity index (χ1v) is 8.35. The van der Waals surface area contributed by atoms with Crippen LogP contribution in [0.25, 0.3) is 0 Å². The van der Waals surface area contributed by atoms with Crippen LogP contribution in [0.5, 0.6) is 5.75 Å². The number of benzene rings is 1. The maximum Gasteiger partial charge on any atom is 0.265 e. The number of aromatic nitrogens is 1. The second-order valence-electron chi connectivity index (χ2n) is 5.83. The lowest BCUT2D eigenvalue weighted by molar-refractivity contribution is -0.125. The Kier molecular flexibility index (Phi) is 5.26. The number of pyridine rings is 1. The molecule has 0 bridgehead atoms. The van der Waals surface area contributed by atoms with Crippen LogP contribution in [-0.4, -0.2) is 35.7 Å². The van der Waals surface area contributed by atoms with E-state index in [9.17, 15) is 14.4 Å². The molecule has 1 aliphatic heterocycles. The molecule has 3 rings (SSSR count). The topological polar surface area (TPSA) is 88.6 Å². The molecule has 134 valence electrons. The van der Waals surface area contributed by atoms with Gasteiger partial charge < -0.3 is 10.1 Å². The summed E-state index contributed by atoms with van der Waals surface area (Å²) in [6.07, 6.45) is 2.01. The van der Waals surface area contributed by atoms with Crippen molar-refractivity contribution in [2.24, 2.45) is 0 Å². The van der Waals surface area contributed by atoms with Crippen LogP contribution in [-0.2, 0) is 16.1 Å². The van der Waals surface area contributed by atoms with E-state index >= 15 is 0 Å². The summed E-state index contributed by atoms with van der Waals surface area (Å²) in [6, 6.07) is 10.4. The Bertz CT molecular complexity index is 836. The van der Waals surface area contributed by atoms with Gasteiger partial charge in [0.15, 0.2) is 12.4 Å². The van der Waals surface area contributed by atoms with E-state index in [1.165, 1.54) is 4.90 Å². The zero-order valence-electron chi connectivity index (χ0n) is 14.4. The summed E-state index contributed by atoms with van der Waals surface area (Å²) >= 11 is 0. The average molecular weight is 353 g/mol. The van der Waals surface area contributed by atoms with Gasteiger partial charge in [-0.05, 0) is 30.3 Å². The highest BCUT2D eigenvalue weighted by atomic mass is 16.5. The summed E-state index contributed by atoms with van der Waals surface area (Å²) in [5, 5.41) is 2.74. The van der Waals surface area contributed by atoms with Crippen molar-refractivity contribution in [1.29, 1.82) is 0 Å². The first-order chi connectivity index (χ1) is 12.6. The summed E-state index contributed by atoms with van der Waals surface area (Å²) in [5.74, 6) is -0.198. The van der Waals surface area contributed by atoms with Crippen molar-refractivity contribution in [3.63, 3.8) is 0 Å². The molecule has 26 heavy (non-hydrogen) atoms. The van der Waals surface area contributed by atoms with E-state index < -0.39 is 0 Å². The van der Waals surface area contributed by atoms with Crippen molar-refractivity contribution in [2.45, 2.75) is 19.9 Å². The van der Waals surface area contributed by atoms with E-state index in [0.717, 1.165) is 5.69 Å². The summed E-state index contributed by atoms with van der Waals surface area (Å²) < 4.78 is 5.40. The average Bonchev–Trinajstić information content (AvgIpc) is 2.68. The molecule has 1 aromatic heterocycles. The predicted octanol–water partition coefficient (Wildman–Crippen LogP) is 1.72. The lowest BCUT2D eigenvalue weighted by atomic mass is 10.1. The standard InChI is InChI=1S/C19H19N3O4/c1-2-16(23)13-6-7-17-15(9-13)22(19(25)12-26-17)11-18(24)21-10-14-5-3-4-8-20-14/h3-9H,2,10-12H2,1H3,(H,21,24). The molecule has 0 atom stereocenters. The molecule has 0 fully saturated rings. The number of ketones is 1. The SMILES string of the molecule is CCC(=O)c1ccc2c(c1)N(CC(=O)NCc1ccccn1)C(=O)CO2. The molecule has 0 radical (unpaired) electrons. The third kappa shape index (κ3) is 3.88. The normalized spacial score (nSPS) is 13.0. The van der Waals surface area contributed by atoms with Gasteiger partial charge in [-0.1, -0.05) is 13.0 Å². The zero-order valence-corrected chi connectivity index (χ0v) is 14.4. The number of fused-ring (bicyclic) bond motifs is 1. The van der Waals surface area contributed by atoms with Crippen molar-refractivity contribution >= 4 is 23.3 Å². The highest BCUT2D eigenvalue weighted by Gasteiger charge is 2.28. The number of amides is 2. The molecule has 1 aromatic carbocycles. The minimum Gasteiger partial charge on any atom is -0.482 e. The molecular formula is C19H19N3O4. The van der Waals surface area contributed by atoms with E-state index in [-0.39, 0.29) is 37.3 Å². The van der Waals surface area contributed by atoms with Crippen molar-refractivity contribution < 1.29 is 19.1 Å². The number of ether oxygens (including phenoxy) is 1. The molecule has 0 aliphatic carbocycles. The van der Waals surface area contributed by atoms with Crippen LogP contribution < -0.4 is 15.0 Å². The van der Waals surface area contributed by atoms with Crippen molar-refractivity contribution in [3.8, 4) is 5.75 Å². The Morgan fingerprint density at radius 1 is 1.27 bits per heavy atom. The lowest BCUT2D eigenvalue weighted by Crippen LogP contribution is -2.45. The fourth-order valence-electron chi connectivity index (χ4n) is 2.64. The van der Waals surface area contributed by atoms with E-state index in [2.05, 4.69) is 10.3 Å². The van der Waals surface area contributed by atoms with Gasteiger partial charge in [-0.25, -0.2) is 0 Å². The molecule has 7 nitrogen and oxygen atoms in total. The van der Waals surface area contributed by atoms with Crippen LogP contribution in [0.4, 0.5) is 5.69 Å². The molecule has 0 saturated carbocycles. The van der Waals surface area contributed by atoms with Gasteiger partial charge in [0, 0.05) is 18.2 Å². The fraction of sp³-hybridized carbons (Fsp3) is 0.263. The second kappa shape index (κ2) is 7.77. The molecule has 0 spiro atoms. The van der Waals surface area contributed by atoms with Gasteiger partial charge in [-0.15, -0.1) is 0 Å². The van der Waals surface area contributed by atoms with Crippen LogP contribution >= 0.6 is 0 Å². The lowest BCUT2D eigenvalue weighted by Gasteiger charge is -2.29. The quantitative estimate of drug-likeness (QED) is 0.799. The van der Waals surface area contributed by atoms with Gasteiger partial charge in [0.25, 0.3) is 5.91 Å². The Balaban J connectivity index is 1.74. The predicted molar refractivity (Wildman–Crippen MR) is 95.0 cm³/mol. The van der Waals surface area contributed by atoms with Crippen LogP contribution in [0.1, 0.15) is 29.4 Å². The zero-order chi connectivity index (χ0) is 18.5. The maximum absolute atomic E-state index is 12.3. The number of hydrogen-bond donors (Lipinski definition) is 1. The molecule has 1 N–H and O–H groups in total. The number of carbonyl (C=O) groups is 3. The molecule has 2 aromatic rings. The molecule has 2 amide bonds. The van der Waals surface area contributed by atoms with Gasteiger partial charge in [0.1, 0.15) is 12.3 Å². The third-order valence-corrected chi connectivity index (χ3v) is 4.04. The van der Waals surface area contributed by atoms with Crippen LogP contribution in [0.15, 0.2) is 42.6 Å². The van der Waals surface area contributed by atoms with E-state index in [4.69, 9.17) is 4.74 Å². The van der Waals surface area contributed by atoms with Crippen LogP contribution in [0.2, 0.25) is 0 Å². The smallest absolute Gasteiger partial charge is 0.265 e. The fourth-order valence-corrected chi connectivity index (χ4v) is 2.64.